The Morgan fingerprint density at radius 3 is 2.78 bits per heavy atom. The van der Waals surface area contributed by atoms with Gasteiger partial charge >= 0.3 is 0 Å². The van der Waals surface area contributed by atoms with Crippen LogP contribution >= 0.6 is 0 Å². The Kier molecular flexibility index (Phi) is 7.40. The van der Waals surface area contributed by atoms with E-state index in [1.165, 1.54) is 18.4 Å². The van der Waals surface area contributed by atoms with Crippen molar-refractivity contribution >= 4 is 11.6 Å². The van der Waals surface area contributed by atoms with Gasteiger partial charge in [-0.1, -0.05) is 19.4 Å². The summed E-state index contributed by atoms with van der Waals surface area (Å²) in [5.41, 5.74) is 2.09. The van der Waals surface area contributed by atoms with Crippen molar-refractivity contribution in [1.82, 2.24) is 5.32 Å². The van der Waals surface area contributed by atoms with Gasteiger partial charge in [0.15, 0.2) is 0 Å². The highest BCUT2D eigenvalue weighted by Crippen LogP contribution is 2.28. The molecule has 23 heavy (non-hydrogen) atoms. The summed E-state index contributed by atoms with van der Waals surface area (Å²) >= 11 is 0. The van der Waals surface area contributed by atoms with Crippen LogP contribution in [-0.2, 0) is 11.2 Å². The van der Waals surface area contributed by atoms with Crippen LogP contribution < -0.4 is 15.4 Å². The first-order valence-electron chi connectivity index (χ1n) is 8.99. The van der Waals surface area contributed by atoms with Crippen molar-refractivity contribution in [3.63, 3.8) is 0 Å². The minimum atomic E-state index is 0.0684. The molecule has 2 N–H and O–H groups in total. The summed E-state index contributed by atoms with van der Waals surface area (Å²) in [7, 11) is 0. The molecule has 0 spiro atoms. The van der Waals surface area contributed by atoms with E-state index in [1.54, 1.807) is 0 Å². The Bertz CT molecular complexity index is 496. The summed E-state index contributed by atoms with van der Waals surface area (Å²) in [6.07, 6.45) is 6.08. The Labute approximate surface area is 140 Å². The van der Waals surface area contributed by atoms with E-state index in [4.69, 9.17) is 4.74 Å². The van der Waals surface area contributed by atoms with Gasteiger partial charge in [0.05, 0.1) is 12.3 Å². The van der Waals surface area contributed by atoms with Crippen molar-refractivity contribution in [2.75, 3.05) is 25.0 Å². The van der Waals surface area contributed by atoms with Gasteiger partial charge in [-0.15, -0.1) is 0 Å². The topological polar surface area (TPSA) is 50.4 Å². The van der Waals surface area contributed by atoms with Gasteiger partial charge < -0.3 is 15.4 Å². The lowest BCUT2D eigenvalue weighted by atomic mass is 9.91. The van der Waals surface area contributed by atoms with Gasteiger partial charge in [0, 0.05) is 6.42 Å². The molecule has 0 saturated carbocycles. The molecular weight excluding hydrogens is 288 g/mol. The van der Waals surface area contributed by atoms with Crippen LogP contribution in [0.15, 0.2) is 18.2 Å². The Morgan fingerprint density at radius 2 is 2.09 bits per heavy atom. The average Bonchev–Trinajstić information content (AvgIpc) is 2.56. The lowest BCUT2D eigenvalue weighted by Crippen LogP contribution is -2.28. The zero-order valence-electron chi connectivity index (χ0n) is 14.5. The number of carbonyl (C=O) groups excluding carboxylic acids is 1. The second-order valence-corrected chi connectivity index (χ2v) is 6.31. The number of benzene rings is 1. The van der Waals surface area contributed by atoms with Crippen molar-refractivity contribution < 1.29 is 9.53 Å². The van der Waals surface area contributed by atoms with Crippen molar-refractivity contribution in [1.29, 1.82) is 0 Å². The zero-order chi connectivity index (χ0) is 16.5. The molecule has 0 bridgehead atoms. The molecule has 0 aliphatic carbocycles. The molecular formula is C19H30N2O2. The van der Waals surface area contributed by atoms with E-state index < -0.39 is 0 Å². The molecule has 1 aliphatic heterocycles. The van der Waals surface area contributed by atoms with Crippen LogP contribution in [0.4, 0.5) is 5.69 Å². The molecule has 2 rings (SSSR count). The molecule has 0 unspecified atom stereocenters. The maximum Gasteiger partial charge on any atom is 0.224 e. The lowest BCUT2D eigenvalue weighted by molar-refractivity contribution is -0.116. The number of nitrogens with one attached hydrogen (secondary N) is 2. The first-order chi connectivity index (χ1) is 11.2. The second-order valence-electron chi connectivity index (χ2n) is 6.31. The molecule has 1 fully saturated rings. The molecule has 0 aromatic heterocycles. The number of carbonyl (C=O) groups is 1. The van der Waals surface area contributed by atoms with Crippen LogP contribution in [0.3, 0.4) is 0 Å². The third-order valence-electron chi connectivity index (χ3n) is 4.36. The van der Waals surface area contributed by atoms with Crippen molar-refractivity contribution in [3.8, 4) is 5.75 Å². The maximum absolute atomic E-state index is 12.0. The quantitative estimate of drug-likeness (QED) is 0.767. The predicted octanol–water partition coefficient (Wildman–Crippen LogP) is 3.76. The van der Waals surface area contributed by atoms with E-state index in [9.17, 15) is 4.79 Å². The summed E-state index contributed by atoms with van der Waals surface area (Å²) in [6, 6.07) is 6.21. The summed E-state index contributed by atoms with van der Waals surface area (Å²) < 4.78 is 5.75. The maximum atomic E-state index is 12.0. The van der Waals surface area contributed by atoms with E-state index in [2.05, 4.69) is 29.7 Å². The molecule has 4 nitrogen and oxygen atoms in total. The lowest BCUT2D eigenvalue weighted by Gasteiger charge is -2.23. The predicted molar refractivity (Wildman–Crippen MR) is 95.1 cm³/mol. The fraction of sp³-hybridized carbons (Fsp3) is 0.632. The zero-order valence-corrected chi connectivity index (χ0v) is 14.5. The fourth-order valence-electron chi connectivity index (χ4n) is 3.04. The highest BCUT2D eigenvalue weighted by Gasteiger charge is 2.15. The van der Waals surface area contributed by atoms with E-state index in [0.717, 1.165) is 49.7 Å². The largest absolute Gasteiger partial charge is 0.492 e. The van der Waals surface area contributed by atoms with Gasteiger partial charge in [0.25, 0.3) is 0 Å². The van der Waals surface area contributed by atoms with E-state index in [0.29, 0.717) is 13.0 Å². The molecule has 0 radical (unpaired) electrons. The molecule has 1 saturated heterocycles. The Balaban J connectivity index is 2.02. The van der Waals surface area contributed by atoms with Crippen LogP contribution in [-0.4, -0.2) is 25.6 Å². The van der Waals surface area contributed by atoms with E-state index in [1.807, 2.05) is 13.0 Å². The number of hydrogen-bond acceptors (Lipinski definition) is 3. The number of rotatable bonds is 8. The summed E-state index contributed by atoms with van der Waals surface area (Å²) in [4.78, 5) is 12.0. The van der Waals surface area contributed by atoms with Gasteiger partial charge in [0.2, 0.25) is 5.91 Å². The number of ether oxygens (including phenoxy) is 1. The highest BCUT2D eigenvalue weighted by molar-refractivity contribution is 5.92. The van der Waals surface area contributed by atoms with Crippen LogP contribution in [0, 0.1) is 5.92 Å². The number of amides is 1. The smallest absolute Gasteiger partial charge is 0.224 e. The van der Waals surface area contributed by atoms with Gasteiger partial charge in [-0.3, -0.25) is 4.79 Å². The Hall–Kier alpha value is -1.55. The third-order valence-corrected chi connectivity index (χ3v) is 4.36. The number of unbranched alkanes of at least 4 members (excludes halogenated alkanes) is 1. The summed E-state index contributed by atoms with van der Waals surface area (Å²) in [5, 5.41) is 6.39. The van der Waals surface area contributed by atoms with E-state index in [-0.39, 0.29) is 5.91 Å². The van der Waals surface area contributed by atoms with Crippen molar-refractivity contribution in [3.05, 3.63) is 23.8 Å². The molecule has 1 aromatic carbocycles. The monoisotopic (exact) mass is 318 g/mol. The minimum absolute atomic E-state index is 0.0684. The summed E-state index contributed by atoms with van der Waals surface area (Å²) in [6.45, 7) is 6.91. The van der Waals surface area contributed by atoms with Gasteiger partial charge in [-0.2, -0.15) is 0 Å². The molecule has 0 atom stereocenters. The molecule has 1 aliphatic rings. The first kappa shape index (κ1) is 17.8. The van der Waals surface area contributed by atoms with Gasteiger partial charge in [-0.25, -0.2) is 0 Å². The fourth-order valence-corrected chi connectivity index (χ4v) is 3.04. The van der Waals surface area contributed by atoms with Crippen LogP contribution in [0.5, 0.6) is 5.75 Å². The van der Waals surface area contributed by atoms with Crippen LogP contribution in [0.1, 0.15) is 51.5 Å². The van der Waals surface area contributed by atoms with Gasteiger partial charge in [0.1, 0.15) is 5.75 Å². The minimum Gasteiger partial charge on any atom is -0.492 e. The number of hydrogen-bond donors (Lipinski definition) is 2. The molecule has 128 valence electrons. The SMILES string of the molecule is CCCCC(=O)Nc1ccc(CC2CCNCC2)cc1OCC. The number of piperidine rings is 1. The molecule has 1 amide bonds. The first-order valence-corrected chi connectivity index (χ1v) is 8.99. The Morgan fingerprint density at radius 1 is 1.30 bits per heavy atom. The standard InChI is InChI=1S/C19H30N2O2/c1-3-5-6-19(22)21-17-8-7-16(14-18(17)23-4-2)13-15-9-11-20-12-10-15/h7-8,14-15,20H,3-6,9-13H2,1-2H3,(H,21,22). The molecule has 1 heterocycles. The van der Waals surface area contributed by atoms with Crippen molar-refractivity contribution in [2.24, 2.45) is 5.92 Å². The van der Waals surface area contributed by atoms with Crippen LogP contribution in [0.2, 0.25) is 0 Å². The van der Waals surface area contributed by atoms with Gasteiger partial charge in [-0.05, 0) is 69.3 Å². The van der Waals surface area contributed by atoms with E-state index >= 15 is 0 Å². The number of anilines is 1. The van der Waals surface area contributed by atoms with Crippen molar-refractivity contribution in [2.45, 2.75) is 52.4 Å². The highest BCUT2D eigenvalue weighted by atomic mass is 16.5. The molecule has 4 heteroatoms. The normalized spacial score (nSPS) is 15.4. The second kappa shape index (κ2) is 9.56. The third kappa shape index (κ3) is 5.87. The summed E-state index contributed by atoms with van der Waals surface area (Å²) in [5.74, 6) is 1.61. The van der Waals surface area contributed by atoms with Crippen LogP contribution in [0.25, 0.3) is 0 Å². The average molecular weight is 318 g/mol. The molecule has 1 aromatic rings.